The molecule has 0 amide bonds. The molecular weight excluding hydrogens is 344 g/mol. The molecule has 1 unspecified atom stereocenters. The molecule has 2 aromatic carbocycles. The summed E-state index contributed by atoms with van der Waals surface area (Å²) in [5, 5.41) is 10.2. The van der Waals surface area contributed by atoms with E-state index in [9.17, 15) is 5.11 Å². The number of rotatable bonds is 5. The smallest absolute Gasteiger partial charge is 0.0674 e. The number of fused-ring (bicyclic) bond motifs is 1. The second-order valence-corrected chi connectivity index (χ2v) is 7.59. The largest absolute Gasteiger partial charge is 0.392 e. The molecule has 0 spiro atoms. The molecule has 1 aliphatic carbocycles. The van der Waals surface area contributed by atoms with Gasteiger partial charge in [-0.2, -0.15) is 0 Å². The van der Waals surface area contributed by atoms with Crippen LogP contribution in [0.5, 0.6) is 0 Å². The lowest BCUT2D eigenvalue weighted by atomic mass is 10.0. The van der Waals surface area contributed by atoms with Crippen molar-refractivity contribution in [2.75, 3.05) is 5.75 Å². The van der Waals surface area contributed by atoms with Crippen LogP contribution in [-0.4, -0.2) is 17.0 Å². The normalized spacial score (nSPS) is 15.0. The van der Waals surface area contributed by atoms with Crippen LogP contribution in [0.15, 0.2) is 51.8 Å². The van der Waals surface area contributed by atoms with Gasteiger partial charge in [0.1, 0.15) is 0 Å². The van der Waals surface area contributed by atoms with Crippen LogP contribution < -0.4 is 0 Å². The molecular formula is C18H19BrOS. The summed E-state index contributed by atoms with van der Waals surface area (Å²) in [6.45, 7) is 0. The van der Waals surface area contributed by atoms with Gasteiger partial charge in [0.15, 0.2) is 0 Å². The molecule has 21 heavy (non-hydrogen) atoms. The first-order chi connectivity index (χ1) is 10.2. The molecule has 0 heterocycles. The van der Waals surface area contributed by atoms with Crippen LogP contribution in [0, 0.1) is 0 Å². The zero-order chi connectivity index (χ0) is 14.7. The highest BCUT2D eigenvalue weighted by atomic mass is 79.9. The highest BCUT2D eigenvalue weighted by Gasteiger charge is 2.12. The van der Waals surface area contributed by atoms with Crippen LogP contribution in [0.4, 0.5) is 0 Å². The Balaban J connectivity index is 1.54. The van der Waals surface area contributed by atoms with E-state index in [-0.39, 0.29) is 6.10 Å². The zero-order valence-corrected chi connectivity index (χ0v) is 14.3. The predicted molar refractivity (Wildman–Crippen MR) is 93.0 cm³/mol. The van der Waals surface area contributed by atoms with Gasteiger partial charge in [-0.15, -0.1) is 11.8 Å². The molecule has 0 fully saturated rings. The van der Waals surface area contributed by atoms with Crippen molar-refractivity contribution in [1.29, 1.82) is 0 Å². The molecule has 110 valence electrons. The van der Waals surface area contributed by atoms with E-state index in [1.807, 2.05) is 12.1 Å². The van der Waals surface area contributed by atoms with Crippen LogP contribution in [0.2, 0.25) is 0 Å². The molecule has 1 aliphatic rings. The van der Waals surface area contributed by atoms with Gasteiger partial charge in [0.2, 0.25) is 0 Å². The minimum atomic E-state index is -0.293. The summed E-state index contributed by atoms with van der Waals surface area (Å²) in [6, 6.07) is 14.9. The van der Waals surface area contributed by atoms with Crippen molar-refractivity contribution in [1.82, 2.24) is 0 Å². The van der Waals surface area contributed by atoms with Gasteiger partial charge in [-0.25, -0.2) is 0 Å². The predicted octanol–water partition coefficient (Wildman–Crippen LogP) is 4.63. The van der Waals surface area contributed by atoms with Crippen molar-refractivity contribution in [2.45, 2.75) is 36.7 Å². The van der Waals surface area contributed by atoms with Crippen molar-refractivity contribution in [2.24, 2.45) is 0 Å². The van der Waals surface area contributed by atoms with E-state index in [4.69, 9.17) is 0 Å². The number of thioether (sulfide) groups is 1. The first kappa shape index (κ1) is 15.1. The summed E-state index contributed by atoms with van der Waals surface area (Å²) in [6.07, 6.45) is 4.15. The number of benzene rings is 2. The Labute approximate surface area is 138 Å². The molecule has 0 bridgehead atoms. The fraction of sp³-hybridized carbons (Fsp3) is 0.333. The minimum Gasteiger partial charge on any atom is -0.392 e. The molecule has 0 aliphatic heterocycles. The number of halogens is 1. The Morgan fingerprint density at radius 2 is 1.81 bits per heavy atom. The second-order valence-electron chi connectivity index (χ2n) is 5.58. The van der Waals surface area contributed by atoms with Gasteiger partial charge >= 0.3 is 0 Å². The Morgan fingerprint density at radius 1 is 1.05 bits per heavy atom. The Hall–Kier alpha value is -0.770. The van der Waals surface area contributed by atoms with Crippen LogP contribution in [0.1, 0.15) is 23.1 Å². The molecule has 0 saturated carbocycles. The first-order valence-corrected chi connectivity index (χ1v) is 9.16. The maximum Gasteiger partial charge on any atom is 0.0674 e. The summed E-state index contributed by atoms with van der Waals surface area (Å²) in [5.74, 6) is 0.735. The highest BCUT2D eigenvalue weighted by molar-refractivity contribution is 9.10. The van der Waals surface area contributed by atoms with Gasteiger partial charge in [-0.3, -0.25) is 0 Å². The van der Waals surface area contributed by atoms with Gasteiger partial charge in [-0.1, -0.05) is 34.1 Å². The molecule has 0 radical (unpaired) electrons. The highest BCUT2D eigenvalue weighted by Crippen LogP contribution is 2.25. The Kier molecular flexibility index (Phi) is 5.04. The fourth-order valence-corrected chi connectivity index (χ4v) is 3.90. The summed E-state index contributed by atoms with van der Waals surface area (Å²) in [4.78, 5) is 1.20. The minimum absolute atomic E-state index is 0.293. The summed E-state index contributed by atoms with van der Waals surface area (Å²) < 4.78 is 1.09. The van der Waals surface area contributed by atoms with Gasteiger partial charge in [-0.05, 0) is 66.6 Å². The zero-order valence-electron chi connectivity index (χ0n) is 11.9. The van der Waals surface area contributed by atoms with Gasteiger partial charge < -0.3 is 5.11 Å². The maximum absolute atomic E-state index is 10.2. The van der Waals surface area contributed by atoms with Crippen LogP contribution >= 0.6 is 27.7 Å². The molecule has 0 aromatic heterocycles. The lowest BCUT2D eigenvalue weighted by molar-refractivity contribution is 0.200. The van der Waals surface area contributed by atoms with E-state index in [0.717, 1.165) is 16.6 Å². The third-order valence-corrected chi connectivity index (χ3v) is 5.58. The number of aliphatic hydroxyl groups is 1. The van der Waals surface area contributed by atoms with E-state index >= 15 is 0 Å². The topological polar surface area (TPSA) is 20.2 Å². The molecule has 3 rings (SSSR count). The summed E-state index contributed by atoms with van der Waals surface area (Å²) >= 11 is 5.15. The SMILES string of the molecule is OC(CSc1ccc(Br)cc1)Cc1ccc2c(c1)CCC2. The van der Waals surface area contributed by atoms with Gasteiger partial charge in [0, 0.05) is 15.1 Å². The van der Waals surface area contributed by atoms with Gasteiger partial charge in [0.05, 0.1) is 6.10 Å². The lowest BCUT2D eigenvalue weighted by Gasteiger charge is -2.11. The lowest BCUT2D eigenvalue weighted by Crippen LogP contribution is -2.13. The summed E-state index contributed by atoms with van der Waals surface area (Å²) in [5.41, 5.74) is 4.25. The van der Waals surface area contributed by atoms with Crippen molar-refractivity contribution >= 4 is 27.7 Å². The van der Waals surface area contributed by atoms with Crippen molar-refractivity contribution in [3.05, 3.63) is 63.6 Å². The average Bonchev–Trinajstić information content (AvgIpc) is 2.94. The third-order valence-electron chi connectivity index (χ3n) is 3.89. The van der Waals surface area contributed by atoms with E-state index in [1.54, 1.807) is 11.8 Å². The van der Waals surface area contributed by atoms with Crippen LogP contribution in [0.3, 0.4) is 0 Å². The fourth-order valence-electron chi connectivity index (χ4n) is 2.81. The molecule has 3 heteroatoms. The number of aliphatic hydroxyl groups excluding tert-OH is 1. The van der Waals surface area contributed by atoms with Crippen LogP contribution in [-0.2, 0) is 19.3 Å². The monoisotopic (exact) mass is 362 g/mol. The van der Waals surface area contributed by atoms with E-state index in [2.05, 4.69) is 46.3 Å². The van der Waals surface area contributed by atoms with E-state index < -0.39 is 0 Å². The Morgan fingerprint density at radius 3 is 2.62 bits per heavy atom. The molecule has 1 atom stereocenters. The number of hydrogen-bond donors (Lipinski definition) is 1. The standard InChI is InChI=1S/C18H19BrOS/c19-16-6-8-18(9-7-16)21-12-17(20)11-13-4-5-14-2-1-3-15(14)10-13/h4-10,17,20H,1-3,11-12H2. The number of hydrogen-bond acceptors (Lipinski definition) is 2. The summed E-state index contributed by atoms with van der Waals surface area (Å²) in [7, 11) is 0. The van der Waals surface area contributed by atoms with Crippen molar-refractivity contribution in [3.63, 3.8) is 0 Å². The molecule has 1 N–H and O–H groups in total. The maximum atomic E-state index is 10.2. The van der Waals surface area contributed by atoms with Gasteiger partial charge in [0.25, 0.3) is 0 Å². The quantitative estimate of drug-likeness (QED) is 0.782. The van der Waals surface area contributed by atoms with E-state index in [1.165, 1.54) is 40.8 Å². The third kappa shape index (κ3) is 4.12. The average molecular weight is 363 g/mol. The second kappa shape index (κ2) is 6.99. The molecule has 1 nitrogen and oxygen atoms in total. The molecule has 2 aromatic rings. The van der Waals surface area contributed by atoms with Crippen LogP contribution in [0.25, 0.3) is 0 Å². The van der Waals surface area contributed by atoms with Crippen molar-refractivity contribution < 1.29 is 5.11 Å². The van der Waals surface area contributed by atoms with E-state index in [0.29, 0.717) is 0 Å². The number of aryl methyl sites for hydroxylation is 2. The van der Waals surface area contributed by atoms with Crippen molar-refractivity contribution in [3.8, 4) is 0 Å². The molecule has 0 saturated heterocycles. The first-order valence-electron chi connectivity index (χ1n) is 7.38. The Bertz CT molecular complexity index is 609.